The fourth-order valence-electron chi connectivity index (χ4n) is 1.47. The van der Waals surface area contributed by atoms with Crippen molar-refractivity contribution in [2.45, 2.75) is 25.8 Å². The van der Waals surface area contributed by atoms with Crippen LogP contribution in [-0.2, 0) is 0 Å². The molecule has 0 bridgehead atoms. The van der Waals surface area contributed by atoms with E-state index < -0.39 is 0 Å². The van der Waals surface area contributed by atoms with Crippen LogP contribution in [0.5, 0.6) is 0 Å². The summed E-state index contributed by atoms with van der Waals surface area (Å²) in [5, 5.41) is 13.7. The second kappa shape index (κ2) is 1.79. The SMILES string of the molecule is CC1(C)[C@H](N)[C@H]1c1nn[nH]n1. The monoisotopic (exact) mass is 153 g/mol. The molecule has 1 saturated carbocycles. The van der Waals surface area contributed by atoms with Gasteiger partial charge >= 0.3 is 0 Å². The van der Waals surface area contributed by atoms with Crippen molar-refractivity contribution in [1.82, 2.24) is 20.6 Å². The Hall–Kier alpha value is -0.970. The van der Waals surface area contributed by atoms with Gasteiger partial charge in [0.05, 0.1) is 0 Å². The zero-order valence-corrected chi connectivity index (χ0v) is 6.57. The third-order valence-corrected chi connectivity index (χ3v) is 2.55. The van der Waals surface area contributed by atoms with Gasteiger partial charge in [-0.15, -0.1) is 10.2 Å². The number of nitrogens with one attached hydrogen (secondary N) is 1. The van der Waals surface area contributed by atoms with E-state index in [0.29, 0.717) is 0 Å². The first-order chi connectivity index (χ1) is 5.14. The van der Waals surface area contributed by atoms with E-state index in [1.807, 2.05) is 0 Å². The average Bonchev–Trinajstić information content (AvgIpc) is 2.40. The number of rotatable bonds is 1. The highest BCUT2D eigenvalue weighted by Crippen LogP contribution is 2.55. The summed E-state index contributed by atoms with van der Waals surface area (Å²) in [6, 6.07) is 0.181. The molecule has 60 valence electrons. The minimum atomic E-state index is 0.143. The minimum absolute atomic E-state index is 0.143. The molecule has 0 aromatic carbocycles. The number of aromatic amines is 1. The van der Waals surface area contributed by atoms with Crippen LogP contribution in [0, 0.1) is 5.41 Å². The van der Waals surface area contributed by atoms with E-state index in [1.165, 1.54) is 0 Å². The van der Waals surface area contributed by atoms with Crippen molar-refractivity contribution in [3.05, 3.63) is 5.82 Å². The molecule has 0 spiro atoms. The maximum Gasteiger partial charge on any atom is 0.179 e. The maximum atomic E-state index is 5.81. The molecular formula is C6H11N5. The lowest BCUT2D eigenvalue weighted by Gasteiger charge is -1.95. The van der Waals surface area contributed by atoms with Crippen LogP contribution < -0.4 is 5.73 Å². The molecule has 1 aliphatic carbocycles. The lowest BCUT2D eigenvalue weighted by Crippen LogP contribution is -2.06. The van der Waals surface area contributed by atoms with Gasteiger partial charge in [0.2, 0.25) is 0 Å². The van der Waals surface area contributed by atoms with Crippen molar-refractivity contribution in [2.75, 3.05) is 0 Å². The van der Waals surface area contributed by atoms with Crippen LogP contribution >= 0.6 is 0 Å². The van der Waals surface area contributed by atoms with Crippen molar-refractivity contribution in [3.63, 3.8) is 0 Å². The van der Waals surface area contributed by atoms with Gasteiger partial charge in [0.15, 0.2) is 5.82 Å². The standard InChI is InChI=1S/C6H11N5/c1-6(2)3(4(6)7)5-8-10-11-9-5/h3-4H,7H2,1-2H3,(H,8,9,10,11)/t3-,4+/m0/s1. The summed E-state index contributed by atoms with van der Waals surface area (Å²) in [4.78, 5) is 0. The predicted octanol–water partition coefficient (Wildman–Crippen LogP) is -0.350. The molecule has 5 nitrogen and oxygen atoms in total. The van der Waals surface area contributed by atoms with Crippen molar-refractivity contribution in [2.24, 2.45) is 11.1 Å². The van der Waals surface area contributed by atoms with Crippen LogP contribution in [-0.4, -0.2) is 26.7 Å². The van der Waals surface area contributed by atoms with E-state index >= 15 is 0 Å². The normalized spacial score (nSPS) is 33.7. The summed E-state index contributed by atoms with van der Waals surface area (Å²) < 4.78 is 0. The first-order valence-corrected chi connectivity index (χ1v) is 3.63. The fraction of sp³-hybridized carbons (Fsp3) is 0.833. The number of nitrogens with two attached hydrogens (primary N) is 1. The summed E-state index contributed by atoms with van der Waals surface area (Å²) in [5.74, 6) is 1.02. The number of nitrogens with zero attached hydrogens (tertiary/aromatic N) is 3. The van der Waals surface area contributed by atoms with Gasteiger partial charge in [0.1, 0.15) is 0 Å². The van der Waals surface area contributed by atoms with E-state index in [0.717, 1.165) is 5.82 Å². The maximum absolute atomic E-state index is 5.81. The molecule has 5 heteroatoms. The number of hydrogen-bond donors (Lipinski definition) is 2. The summed E-state index contributed by atoms with van der Waals surface area (Å²) in [7, 11) is 0. The van der Waals surface area contributed by atoms with E-state index in [4.69, 9.17) is 5.73 Å². The van der Waals surface area contributed by atoms with E-state index in [2.05, 4.69) is 34.5 Å². The fourth-order valence-corrected chi connectivity index (χ4v) is 1.47. The molecule has 0 unspecified atom stereocenters. The Bertz CT molecular complexity index is 252. The molecule has 11 heavy (non-hydrogen) atoms. The molecule has 0 amide bonds. The molecule has 0 saturated heterocycles. The van der Waals surface area contributed by atoms with Gasteiger partial charge in [0, 0.05) is 12.0 Å². The van der Waals surface area contributed by atoms with Gasteiger partial charge in [-0.05, 0) is 5.41 Å². The Balaban J connectivity index is 2.23. The smallest absolute Gasteiger partial charge is 0.179 e. The summed E-state index contributed by atoms with van der Waals surface area (Å²) >= 11 is 0. The van der Waals surface area contributed by atoms with E-state index in [9.17, 15) is 0 Å². The molecule has 1 aromatic rings. The summed E-state index contributed by atoms with van der Waals surface area (Å²) in [5.41, 5.74) is 5.96. The van der Waals surface area contributed by atoms with E-state index in [-0.39, 0.29) is 17.4 Å². The molecule has 1 heterocycles. The zero-order chi connectivity index (χ0) is 8.06. The average molecular weight is 153 g/mol. The first kappa shape index (κ1) is 6.72. The highest BCUT2D eigenvalue weighted by atomic mass is 15.5. The molecule has 1 aromatic heterocycles. The summed E-state index contributed by atoms with van der Waals surface area (Å²) in [6.45, 7) is 4.22. The lowest BCUT2D eigenvalue weighted by atomic mass is 10.1. The van der Waals surface area contributed by atoms with E-state index in [1.54, 1.807) is 0 Å². The van der Waals surface area contributed by atoms with Crippen molar-refractivity contribution >= 4 is 0 Å². The van der Waals surface area contributed by atoms with Gasteiger partial charge < -0.3 is 5.73 Å². The third kappa shape index (κ3) is 0.773. The molecule has 1 fully saturated rings. The highest BCUT2D eigenvalue weighted by Gasteiger charge is 2.58. The van der Waals surface area contributed by atoms with Crippen LogP contribution in [0.1, 0.15) is 25.6 Å². The van der Waals surface area contributed by atoms with Crippen LogP contribution in [0.4, 0.5) is 0 Å². The van der Waals surface area contributed by atoms with Gasteiger partial charge in [-0.2, -0.15) is 5.21 Å². The van der Waals surface area contributed by atoms with Crippen LogP contribution in [0.2, 0.25) is 0 Å². The van der Waals surface area contributed by atoms with Crippen molar-refractivity contribution in [3.8, 4) is 0 Å². The highest BCUT2D eigenvalue weighted by molar-refractivity contribution is 5.22. The Morgan fingerprint density at radius 1 is 1.55 bits per heavy atom. The Labute approximate surface area is 64.4 Å². The topological polar surface area (TPSA) is 80.5 Å². The number of aromatic nitrogens is 4. The molecular weight excluding hydrogens is 142 g/mol. The molecule has 2 rings (SSSR count). The van der Waals surface area contributed by atoms with Gasteiger partial charge in [-0.1, -0.05) is 19.1 Å². The Kier molecular flexibility index (Phi) is 1.09. The van der Waals surface area contributed by atoms with Crippen LogP contribution in [0.15, 0.2) is 0 Å². The van der Waals surface area contributed by atoms with Crippen molar-refractivity contribution < 1.29 is 0 Å². The quantitative estimate of drug-likeness (QED) is 0.578. The molecule has 0 radical (unpaired) electrons. The molecule has 3 N–H and O–H groups in total. The predicted molar refractivity (Wildman–Crippen MR) is 38.7 cm³/mol. The summed E-state index contributed by atoms with van der Waals surface area (Å²) in [6.07, 6.45) is 0. The number of hydrogen-bond acceptors (Lipinski definition) is 4. The largest absolute Gasteiger partial charge is 0.327 e. The van der Waals surface area contributed by atoms with Gasteiger partial charge in [0.25, 0.3) is 0 Å². The second-order valence-corrected chi connectivity index (χ2v) is 3.59. The zero-order valence-electron chi connectivity index (χ0n) is 6.57. The van der Waals surface area contributed by atoms with Gasteiger partial charge in [-0.3, -0.25) is 0 Å². The van der Waals surface area contributed by atoms with Crippen LogP contribution in [0.25, 0.3) is 0 Å². The molecule has 1 aliphatic rings. The minimum Gasteiger partial charge on any atom is -0.327 e. The van der Waals surface area contributed by atoms with Crippen molar-refractivity contribution in [1.29, 1.82) is 0 Å². The molecule has 0 aliphatic heterocycles. The Morgan fingerprint density at radius 2 is 2.18 bits per heavy atom. The second-order valence-electron chi connectivity index (χ2n) is 3.59. The third-order valence-electron chi connectivity index (χ3n) is 2.55. The molecule has 2 atom stereocenters. The first-order valence-electron chi connectivity index (χ1n) is 3.63. The number of tetrazole rings is 1. The lowest BCUT2D eigenvalue weighted by molar-refractivity contribution is 0.591. The van der Waals surface area contributed by atoms with Gasteiger partial charge in [-0.25, -0.2) is 0 Å². The number of H-pyrrole nitrogens is 1. The van der Waals surface area contributed by atoms with Crippen LogP contribution in [0.3, 0.4) is 0 Å². The Morgan fingerprint density at radius 3 is 2.55 bits per heavy atom.